The summed E-state index contributed by atoms with van der Waals surface area (Å²) < 4.78 is 14.6. The van der Waals surface area contributed by atoms with E-state index in [0.717, 1.165) is 10.0 Å². The van der Waals surface area contributed by atoms with Crippen molar-refractivity contribution in [2.24, 2.45) is 0 Å². The lowest BCUT2D eigenvalue weighted by Gasteiger charge is -2.24. The van der Waals surface area contributed by atoms with Gasteiger partial charge in [-0.05, 0) is 22.2 Å². The standard InChI is InChI=1S/C12H17BrFOSi/c1-12(2,3)7-6-8(15)10(14)11(9(7)13)16(4)5/h6,15H,1-5H3. The van der Waals surface area contributed by atoms with Crippen molar-refractivity contribution in [1.82, 2.24) is 0 Å². The highest BCUT2D eigenvalue weighted by Gasteiger charge is 2.25. The molecule has 1 radical (unpaired) electrons. The van der Waals surface area contributed by atoms with E-state index in [9.17, 15) is 9.50 Å². The third-order valence-electron chi connectivity index (χ3n) is 2.49. The molecule has 0 heterocycles. The predicted molar refractivity (Wildman–Crippen MR) is 71.6 cm³/mol. The van der Waals surface area contributed by atoms with Crippen molar-refractivity contribution in [2.45, 2.75) is 39.3 Å². The first-order chi connectivity index (χ1) is 7.16. The van der Waals surface area contributed by atoms with Gasteiger partial charge in [0.05, 0.1) is 8.80 Å². The SMILES string of the molecule is C[Si](C)c1c(F)c(O)cc(C(C)(C)C)c1Br. The fourth-order valence-corrected chi connectivity index (χ4v) is 4.82. The van der Waals surface area contributed by atoms with E-state index >= 15 is 0 Å². The van der Waals surface area contributed by atoms with E-state index in [2.05, 4.69) is 15.9 Å². The molecule has 1 N–H and O–H groups in total. The molecule has 1 nitrogen and oxygen atoms in total. The van der Waals surface area contributed by atoms with Crippen LogP contribution in [0.3, 0.4) is 0 Å². The number of rotatable bonds is 1. The molecule has 0 aliphatic rings. The van der Waals surface area contributed by atoms with Gasteiger partial charge in [-0.25, -0.2) is 4.39 Å². The molecule has 0 aliphatic carbocycles. The quantitative estimate of drug-likeness (QED) is 0.787. The zero-order chi connectivity index (χ0) is 12.7. The maximum atomic E-state index is 13.8. The average molecular weight is 304 g/mol. The summed E-state index contributed by atoms with van der Waals surface area (Å²) in [7, 11) is -0.958. The molecule has 0 aromatic heterocycles. The van der Waals surface area contributed by atoms with Crippen molar-refractivity contribution < 1.29 is 9.50 Å². The van der Waals surface area contributed by atoms with Gasteiger partial charge >= 0.3 is 0 Å². The maximum absolute atomic E-state index is 13.8. The Balaban J connectivity index is 3.57. The van der Waals surface area contributed by atoms with Crippen LogP contribution in [0.4, 0.5) is 4.39 Å². The van der Waals surface area contributed by atoms with Crippen molar-refractivity contribution in [1.29, 1.82) is 0 Å². The van der Waals surface area contributed by atoms with Crippen LogP contribution >= 0.6 is 15.9 Å². The van der Waals surface area contributed by atoms with Gasteiger partial charge in [0, 0.05) is 4.47 Å². The number of aromatic hydroxyl groups is 1. The highest BCUT2D eigenvalue weighted by atomic mass is 79.9. The summed E-state index contributed by atoms with van der Waals surface area (Å²) in [5.41, 5.74) is 0.836. The minimum Gasteiger partial charge on any atom is -0.505 e. The van der Waals surface area contributed by atoms with Crippen LogP contribution in [0.15, 0.2) is 10.5 Å². The Hall–Kier alpha value is -0.353. The molecular formula is C12H17BrFOSi. The van der Waals surface area contributed by atoms with Crippen LogP contribution in [-0.2, 0) is 5.41 Å². The summed E-state index contributed by atoms with van der Waals surface area (Å²) >= 11 is 3.48. The first-order valence-corrected chi connectivity index (χ1v) is 8.47. The van der Waals surface area contributed by atoms with E-state index in [1.165, 1.54) is 6.07 Å². The monoisotopic (exact) mass is 303 g/mol. The summed E-state index contributed by atoms with van der Waals surface area (Å²) in [5, 5.41) is 10.3. The van der Waals surface area contributed by atoms with Crippen LogP contribution in [-0.4, -0.2) is 13.9 Å². The third kappa shape index (κ3) is 2.48. The van der Waals surface area contributed by atoms with Crippen molar-refractivity contribution in [3.05, 3.63) is 21.9 Å². The van der Waals surface area contributed by atoms with Crippen LogP contribution in [0, 0.1) is 5.82 Å². The number of hydrogen-bond acceptors (Lipinski definition) is 1. The number of hydrogen-bond donors (Lipinski definition) is 1. The predicted octanol–water partition coefficient (Wildman–Crippen LogP) is 3.55. The minimum absolute atomic E-state index is 0.115. The van der Waals surface area contributed by atoms with Crippen LogP contribution in [0.1, 0.15) is 26.3 Å². The topological polar surface area (TPSA) is 20.2 Å². The lowest BCUT2D eigenvalue weighted by atomic mass is 9.87. The van der Waals surface area contributed by atoms with Crippen molar-refractivity contribution >= 4 is 29.9 Å². The molecule has 16 heavy (non-hydrogen) atoms. The first-order valence-electron chi connectivity index (χ1n) is 5.18. The minimum atomic E-state index is -0.958. The Labute approximate surface area is 106 Å². The number of benzene rings is 1. The van der Waals surface area contributed by atoms with Gasteiger partial charge < -0.3 is 5.11 Å². The molecule has 1 aromatic carbocycles. The van der Waals surface area contributed by atoms with Gasteiger partial charge in [0.15, 0.2) is 11.6 Å². The molecule has 0 aliphatic heterocycles. The molecule has 1 aromatic rings. The molecule has 0 atom stereocenters. The lowest BCUT2D eigenvalue weighted by Crippen LogP contribution is -2.30. The fraction of sp³-hybridized carbons (Fsp3) is 0.500. The summed E-state index contributed by atoms with van der Waals surface area (Å²) in [6.07, 6.45) is 0. The second kappa shape index (κ2) is 4.49. The Bertz CT molecular complexity index is 410. The zero-order valence-electron chi connectivity index (χ0n) is 10.3. The Morgan fingerprint density at radius 1 is 1.31 bits per heavy atom. The van der Waals surface area contributed by atoms with E-state index < -0.39 is 14.6 Å². The van der Waals surface area contributed by atoms with Gasteiger partial charge in [0.2, 0.25) is 0 Å². The van der Waals surface area contributed by atoms with Gasteiger partial charge in [0.1, 0.15) is 0 Å². The smallest absolute Gasteiger partial charge is 0.164 e. The largest absolute Gasteiger partial charge is 0.505 e. The second-order valence-electron chi connectivity index (χ2n) is 5.20. The zero-order valence-corrected chi connectivity index (χ0v) is 12.9. The van der Waals surface area contributed by atoms with Crippen molar-refractivity contribution in [2.75, 3.05) is 0 Å². The van der Waals surface area contributed by atoms with Crippen LogP contribution in [0.25, 0.3) is 0 Å². The molecule has 0 bridgehead atoms. The molecule has 89 valence electrons. The number of phenols is 1. The molecule has 0 fully saturated rings. The number of phenolic OH excluding ortho intramolecular Hbond substituents is 1. The maximum Gasteiger partial charge on any atom is 0.164 e. The molecule has 4 heteroatoms. The highest BCUT2D eigenvalue weighted by Crippen LogP contribution is 2.33. The summed E-state index contributed by atoms with van der Waals surface area (Å²) in [5.74, 6) is -0.715. The molecule has 0 spiro atoms. The van der Waals surface area contributed by atoms with E-state index in [0.29, 0.717) is 5.19 Å². The molecule has 0 amide bonds. The summed E-state index contributed by atoms with van der Waals surface area (Å²) in [6.45, 7) is 10.2. The van der Waals surface area contributed by atoms with E-state index in [1.807, 2.05) is 33.9 Å². The molecule has 1 rings (SSSR count). The molecular weight excluding hydrogens is 287 g/mol. The van der Waals surface area contributed by atoms with Crippen molar-refractivity contribution in [3.63, 3.8) is 0 Å². The van der Waals surface area contributed by atoms with Crippen molar-refractivity contribution in [3.8, 4) is 5.75 Å². The Morgan fingerprint density at radius 2 is 1.81 bits per heavy atom. The Morgan fingerprint density at radius 3 is 2.19 bits per heavy atom. The van der Waals surface area contributed by atoms with Gasteiger partial charge in [-0.3, -0.25) is 0 Å². The molecule has 0 saturated heterocycles. The molecule has 0 saturated carbocycles. The van der Waals surface area contributed by atoms with Crippen LogP contribution in [0.5, 0.6) is 5.75 Å². The average Bonchev–Trinajstić information content (AvgIpc) is 2.09. The van der Waals surface area contributed by atoms with E-state index in [4.69, 9.17) is 0 Å². The van der Waals surface area contributed by atoms with Gasteiger partial charge in [-0.2, -0.15) is 0 Å². The molecule has 0 unspecified atom stereocenters. The highest BCUT2D eigenvalue weighted by molar-refractivity contribution is 9.10. The normalized spacial score (nSPS) is 12.2. The van der Waals surface area contributed by atoms with Crippen LogP contribution < -0.4 is 5.19 Å². The summed E-state index contributed by atoms with van der Waals surface area (Å²) in [4.78, 5) is 0. The fourth-order valence-electron chi connectivity index (χ4n) is 1.61. The van der Waals surface area contributed by atoms with E-state index in [1.54, 1.807) is 0 Å². The van der Waals surface area contributed by atoms with E-state index in [-0.39, 0.29) is 11.2 Å². The first kappa shape index (κ1) is 13.7. The second-order valence-corrected chi connectivity index (χ2v) is 8.49. The van der Waals surface area contributed by atoms with Gasteiger partial charge in [-0.15, -0.1) is 0 Å². The third-order valence-corrected chi connectivity index (χ3v) is 5.15. The number of halogens is 2. The van der Waals surface area contributed by atoms with Gasteiger partial charge in [-0.1, -0.05) is 49.8 Å². The Kier molecular flexibility index (Phi) is 3.85. The lowest BCUT2D eigenvalue weighted by molar-refractivity contribution is 0.431. The van der Waals surface area contributed by atoms with Gasteiger partial charge in [0.25, 0.3) is 0 Å². The summed E-state index contributed by atoms with van der Waals surface area (Å²) in [6, 6.07) is 1.52. The van der Waals surface area contributed by atoms with Crippen LogP contribution in [0.2, 0.25) is 13.1 Å².